The van der Waals surface area contributed by atoms with Crippen molar-refractivity contribution in [3.05, 3.63) is 41.6 Å². The van der Waals surface area contributed by atoms with Gasteiger partial charge < -0.3 is 4.90 Å². The second-order valence-corrected chi connectivity index (χ2v) is 7.75. The zero-order chi connectivity index (χ0) is 16.8. The maximum atomic E-state index is 4.74. The Hall–Kier alpha value is -2.08. The predicted molar refractivity (Wildman–Crippen MR) is 95.5 cm³/mol. The highest BCUT2D eigenvalue weighted by Gasteiger charge is 2.32. The third-order valence-electron chi connectivity index (χ3n) is 5.56. The van der Waals surface area contributed by atoms with Crippen molar-refractivity contribution < 1.29 is 0 Å². The van der Waals surface area contributed by atoms with Crippen LogP contribution in [0.15, 0.2) is 24.4 Å². The zero-order valence-corrected chi connectivity index (χ0v) is 14.7. The first kappa shape index (κ1) is 15.2. The third-order valence-corrected chi connectivity index (χ3v) is 5.56. The molecule has 6 nitrogen and oxygen atoms in total. The van der Waals surface area contributed by atoms with Crippen LogP contribution in [0.1, 0.15) is 54.7 Å². The van der Waals surface area contributed by atoms with Crippen LogP contribution in [0.4, 0.5) is 5.82 Å². The monoisotopic (exact) mass is 336 g/mol. The Kier molecular flexibility index (Phi) is 3.66. The molecule has 2 aromatic heterocycles. The highest BCUT2D eigenvalue weighted by Crippen LogP contribution is 2.39. The summed E-state index contributed by atoms with van der Waals surface area (Å²) in [4.78, 5) is 13.8. The lowest BCUT2D eigenvalue weighted by Crippen LogP contribution is -2.58. The fourth-order valence-electron chi connectivity index (χ4n) is 3.45. The molecule has 1 aliphatic heterocycles. The van der Waals surface area contributed by atoms with Crippen LogP contribution in [0.25, 0.3) is 0 Å². The predicted octanol–water partition coefficient (Wildman–Crippen LogP) is 2.34. The standard InChI is InChI=1S/C19H24N6/c1-24(10-15-8-9-20-19(21-15)14-4-5-14)16-11-25(12-16)18-7-6-17(22-23-18)13-2-3-13/h6-9,13-14,16H,2-5,10-12H2,1H3. The molecule has 2 aromatic rings. The Morgan fingerprint density at radius 3 is 2.52 bits per heavy atom. The first-order valence-electron chi connectivity index (χ1n) is 9.37. The quantitative estimate of drug-likeness (QED) is 0.807. The van der Waals surface area contributed by atoms with Crippen LogP contribution in [0.5, 0.6) is 0 Å². The Morgan fingerprint density at radius 1 is 1.04 bits per heavy atom. The van der Waals surface area contributed by atoms with E-state index in [1.807, 2.05) is 12.3 Å². The Labute approximate surface area is 148 Å². The Balaban J connectivity index is 1.16. The number of likely N-dealkylation sites (N-methyl/N-ethyl adjacent to an activating group) is 1. The van der Waals surface area contributed by atoms with Crippen molar-refractivity contribution in [2.75, 3.05) is 25.0 Å². The van der Waals surface area contributed by atoms with Gasteiger partial charge in [-0.3, -0.25) is 4.90 Å². The van der Waals surface area contributed by atoms with Crippen molar-refractivity contribution in [2.45, 2.75) is 50.1 Å². The van der Waals surface area contributed by atoms with E-state index >= 15 is 0 Å². The largest absolute Gasteiger partial charge is 0.352 e. The van der Waals surface area contributed by atoms with Gasteiger partial charge in [-0.25, -0.2) is 9.97 Å². The first-order chi connectivity index (χ1) is 12.3. The summed E-state index contributed by atoms with van der Waals surface area (Å²) in [6.07, 6.45) is 6.95. The molecule has 5 rings (SSSR count). The van der Waals surface area contributed by atoms with Gasteiger partial charge in [-0.1, -0.05) is 0 Å². The summed E-state index contributed by atoms with van der Waals surface area (Å²) in [5, 5.41) is 8.81. The van der Waals surface area contributed by atoms with Gasteiger partial charge in [0.2, 0.25) is 0 Å². The molecule has 0 spiro atoms. The lowest BCUT2D eigenvalue weighted by molar-refractivity contribution is 0.194. The molecule has 0 N–H and O–H groups in total. The second-order valence-electron chi connectivity index (χ2n) is 7.75. The fourth-order valence-corrected chi connectivity index (χ4v) is 3.45. The van der Waals surface area contributed by atoms with Crippen LogP contribution >= 0.6 is 0 Å². The van der Waals surface area contributed by atoms with Gasteiger partial charge in [-0.2, -0.15) is 5.10 Å². The minimum absolute atomic E-state index is 0.546. The van der Waals surface area contributed by atoms with Gasteiger partial charge in [0.25, 0.3) is 0 Å². The molecular formula is C19H24N6. The topological polar surface area (TPSA) is 58.0 Å². The molecule has 0 radical (unpaired) electrons. The van der Waals surface area contributed by atoms with E-state index in [4.69, 9.17) is 4.98 Å². The first-order valence-corrected chi connectivity index (χ1v) is 9.37. The molecular weight excluding hydrogens is 312 g/mol. The van der Waals surface area contributed by atoms with Crippen LogP contribution in [0.2, 0.25) is 0 Å². The average Bonchev–Trinajstić information content (AvgIpc) is 3.48. The lowest BCUT2D eigenvalue weighted by atomic mass is 10.1. The van der Waals surface area contributed by atoms with E-state index in [0.717, 1.165) is 42.7 Å². The van der Waals surface area contributed by atoms with E-state index in [2.05, 4.69) is 44.2 Å². The summed E-state index contributed by atoms with van der Waals surface area (Å²) in [6, 6.07) is 6.87. The van der Waals surface area contributed by atoms with Crippen LogP contribution in [0.3, 0.4) is 0 Å². The van der Waals surface area contributed by atoms with E-state index in [-0.39, 0.29) is 0 Å². The summed E-state index contributed by atoms with van der Waals surface area (Å²) in [7, 11) is 2.18. The lowest BCUT2D eigenvalue weighted by Gasteiger charge is -2.44. The molecule has 0 aromatic carbocycles. The average molecular weight is 336 g/mol. The van der Waals surface area contributed by atoms with E-state index in [0.29, 0.717) is 17.9 Å². The maximum Gasteiger partial charge on any atom is 0.151 e. The molecule has 0 amide bonds. The van der Waals surface area contributed by atoms with Crippen molar-refractivity contribution in [3.8, 4) is 0 Å². The Morgan fingerprint density at radius 2 is 1.84 bits per heavy atom. The normalized spacial score (nSPS) is 20.8. The summed E-state index contributed by atoms with van der Waals surface area (Å²) < 4.78 is 0. The van der Waals surface area contributed by atoms with Gasteiger partial charge in [0.1, 0.15) is 5.82 Å². The number of anilines is 1. The van der Waals surface area contributed by atoms with E-state index < -0.39 is 0 Å². The van der Waals surface area contributed by atoms with E-state index in [9.17, 15) is 0 Å². The SMILES string of the molecule is CN(Cc1ccnc(C2CC2)n1)C1CN(c2ccc(C3CC3)nn2)C1. The number of nitrogens with zero attached hydrogens (tertiary/aromatic N) is 6. The van der Waals surface area contributed by atoms with Crippen LogP contribution in [-0.2, 0) is 6.54 Å². The van der Waals surface area contributed by atoms with Gasteiger partial charge in [-0.05, 0) is 50.9 Å². The van der Waals surface area contributed by atoms with Crippen LogP contribution < -0.4 is 4.90 Å². The molecule has 2 aliphatic carbocycles. The number of aromatic nitrogens is 4. The molecule has 0 unspecified atom stereocenters. The number of hydrogen-bond donors (Lipinski definition) is 0. The van der Waals surface area contributed by atoms with E-state index in [1.54, 1.807) is 0 Å². The molecule has 2 saturated carbocycles. The van der Waals surface area contributed by atoms with Crippen molar-refractivity contribution in [2.24, 2.45) is 0 Å². The summed E-state index contributed by atoms with van der Waals surface area (Å²) in [6.45, 7) is 2.90. The van der Waals surface area contributed by atoms with Crippen molar-refractivity contribution in [1.82, 2.24) is 25.1 Å². The van der Waals surface area contributed by atoms with Gasteiger partial charge in [0.15, 0.2) is 5.82 Å². The zero-order valence-electron chi connectivity index (χ0n) is 14.7. The molecule has 6 heteroatoms. The third kappa shape index (κ3) is 3.23. The van der Waals surface area contributed by atoms with Crippen molar-refractivity contribution in [3.63, 3.8) is 0 Å². The van der Waals surface area contributed by atoms with Gasteiger partial charge >= 0.3 is 0 Å². The minimum atomic E-state index is 0.546. The molecule has 0 atom stereocenters. The Bertz CT molecular complexity index is 747. The molecule has 1 saturated heterocycles. The number of rotatable bonds is 6. The molecule has 25 heavy (non-hydrogen) atoms. The fraction of sp³-hybridized carbons (Fsp3) is 0.579. The highest BCUT2D eigenvalue weighted by atomic mass is 15.4. The number of hydrogen-bond acceptors (Lipinski definition) is 6. The minimum Gasteiger partial charge on any atom is -0.352 e. The molecule has 3 heterocycles. The molecule has 3 aliphatic rings. The highest BCUT2D eigenvalue weighted by molar-refractivity contribution is 5.42. The van der Waals surface area contributed by atoms with Gasteiger partial charge in [0.05, 0.1) is 11.4 Å². The van der Waals surface area contributed by atoms with Gasteiger partial charge in [-0.15, -0.1) is 5.10 Å². The van der Waals surface area contributed by atoms with Crippen molar-refractivity contribution >= 4 is 5.82 Å². The van der Waals surface area contributed by atoms with Crippen molar-refractivity contribution in [1.29, 1.82) is 0 Å². The smallest absolute Gasteiger partial charge is 0.151 e. The van der Waals surface area contributed by atoms with Crippen LogP contribution in [-0.4, -0.2) is 51.2 Å². The second kappa shape index (κ2) is 6.02. The summed E-state index contributed by atoms with van der Waals surface area (Å²) >= 11 is 0. The van der Waals surface area contributed by atoms with Gasteiger partial charge in [0, 0.05) is 43.7 Å². The molecule has 3 fully saturated rings. The molecule has 130 valence electrons. The summed E-state index contributed by atoms with van der Waals surface area (Å²) in [5.74, 6) is 3.33. The molecule has 0 bridgehead atoms. The summed E-state index contributed by atoms with van der Waals surface area (Å²) in [5.41, 5.74) is 2.29. The maximum absolute atomic E-state index is 4.74. The van der Waals surface area contributed by atoms with Crippen LogP contribution in [0, 0.1) is 0 Å². The van der Waals surface area contributed by atoms with E-state index in [1.165, 1.54) is 25.7 Å².